The topological polar surface area (TPSA) is 36.1 Å². The average Bonchev–Trinajstić information content (AvgIpc) is 2.94. The summed E-state index contributed by atoms with van der Waals surface area (Å²) in [5.41, 5.74) is 2.31. The number of nitrogens with zero attached hydrogens (tertiary/aromatic N) is 1. The second kappa shape index (κ2) is 4.43. The molecule has 1 amide bonds. The Balaban J connectivity index is 2.01. The zero-order chi connectivity index (χ0) is 12.7. The summed E-state index contributed by atoms with van der Waals surface area (Å²) in [5.74, 6) is 0.272. The molecule has 1 saturated heterocycles. The van der Waals surface area contributed by atoms with E-state index in [0.29, 0.717) is 6.42 Å². The van der Waals surface area contributed by atoms with Crippen LogP contribution in [0.5, 0.6) is 0 Å². The Morgan fingerprint density at radius 3 is 3.00 bits per heavy atom. The summed E-state index contributed by atoms with van der Waals surface area (Å²) in [4.78, 5) is 17.1. The number of carbonyl (C=O) groups is 1. The fraction of sp³-hybridized carbons (Fsp3) is 0.357. The lowest BCUT2D eigenvalue weighted by molar-refractivity contribution is -0.129. The summed E-state index contributed by atoms with van der Waals surface area (Å²) in [6.07, 6.45) is 3.70. The molecule has 0 aliphatic carbocycles. The second-order valence-corrected chi connectivity index (χ2v) is 5.72. The van der Waals surface area contributed by atoms with Gasteiger partial charge in [-0.2, -0.15) is 0 Å². The highest BCUT2D eigenvalue weighted by Crippen LogP contribution is 2.31. The predicted molar refractivity (Wildman–Crippen MR) is 75.4 cm³/mol. The molecule has 2 heterocycles. The third kappa shape index (κ3) is 1.85. The van der Waals surface area contributed by atoms with Gasteiger partial charge in [0.05, 0.1) is 6.04 Å². The summed E-state index contributed by atoms with van der Waals surface area (Å²) < 4.78 is 1.06. The van der Waals surface area contributed by atoms with E-state index in [1.54, 1.807) is 0 Å². The van der Waals surface area contributed by atoms with Crippen LogP contribution in [0.4, 0.5) is 0 Å². The molecule has 2 aromatic rings. The lowest BCUT2D eigenvalue weighted by atomic mass is 10.1. The van der Waals surface area contributed by atoms with Crippen molar-refractivity contribution in [3.8, 4) is 0 Å². The number of fused-ring (bicyclic) bond motifs is 1. The van der Waals surface area contributed by atoms with Crippen LogP contribution in [-0.4, -0.2) is 22.3 Å². The third-order valence-electron chi connectivity index (χ3n) is 3.70. The Hall–Kier alpha value is -1.29. The zero-order valence-electron chi connectivity index (χ0n) is 10.2. The molecule has 3 nitrogen and oxygen atoms in total. The van der Waals surface area contributed by atoms with Crippen LogP contribution >= 0.6 is 15.9 Å². The fourth-order valence-electron chi connectivity index (χ4n) is 2.71. The van der Waals surface area contributed by atoms with Gasteiger partial charge < -0.3 is 9.88 Å². The normalized spacial score (nSPS) is 17.7. The number of benzene rings is 1. The highest BCUT2D eigenvalue weighted by Gasteiger charge is 2.27. The molecule has 1 aliphatic heterocycles. The minimum atomic E-state index is 0.148. The summed E-state index contributed by atoms with van der Waals surface area (Å²) in [6, 6.07) is 6.35. The van der Waals surface area contributed by atoms with Crippen molar-refractivity contribution in [2.24, 2.45) is 0 Å². The van der Waals surface area contributed by atoms with E-state index in [9.17, 15) is 4.79 Å². The number of carbonyl (C=O) groups excluding carboxylic acids is 1. The number of amides is 1. The first kappa shape index (κ1) is 11.8. The van der Waals surface area contributed by atoms with Crippen LogP contribution in [0.25, 0.3) is 10.9 Å². The number of hydrogen-bond acceptors (Lipinski definition) is 1. The summed E-state index contributed by atoms with van der Waals surface area (Å²) >= 11 is 3.47. The van der Waals surface area contributed by atoms with E-state index in [1.807, 2.05) is 17.2 Å². The number of rotatable bonds is 2. The first-order valence-corrected chi connectivity index (χ1v) is 7.02. The van der Waals surface area contributed by atoms with Crippen molar-refractivity contribution < 1.29 is 4.79 Å². The van der Waals surface area contributed by atoms with Gasteiger partial charge in [0.1, 0.15) is 0 Å². The highest BCUT2D eigenvalue weighted by molar-refractivity contribution is 9.10. The van der Waals surface area contributed by atoms with Gasteiger partial charge in [-0.15, -0.1) is 0 Å². The molecule has 1 aromatic heterocycles. The van der Waals surface area contributed by atoms with Gasteiger partial charge in [0.25, 0.3) is 0 Å². The van der Waals surface area contributed by atoms with E-state index in [0.717, 1.165) is 23.0 Å². The number of halogens is 1. The van der Waals surface area contributed by atoms with Crippen LogP contribution in [0.15, 0.2) is 28.9 Å². The highest BCUT2D eigenvalue weighted by atomic mass is 79.9. The lowest BCUT2D eigenvalue weighted by Crippen LogP contribution is -2.27. The molecule has 1 atom stereocenters. The molecule has 1 N–H and O–H groups in total. The summed E-state index contributed by atoms with van der Waals surface area (Å²) in [6.45, 7) is 2.98. The molecule has 4 heteroatoms. The Morgan fingerprint density at radius 2 is 2.28 bits per heavy atom. The van der Waals surface area contributed by atoms with Gasteiger partial charge in [-0.25, -0.2) is 0 Å². The SMILES string of the molecule is CC(c1c[nH]c2cc(Br)ccc12)N1CCCC1=O. The molecule has 18 heavy (non-hydrogen) atoms. The van der Waals surface area contributed by atoms with Gasteiger partial charge in [0.15, 0.2) is 0 Å². The van der Waals surface area contributed by atoms with E-state index in [4.69, 9.17) is 0 Å². The number of aromatic nitrogens is 1. The fourth-order valence-corrected chi connectivity index (χ4v) is 3.07. The third-order valence-corrected chi connectivity index (χ3v) is 4.20. The zero-order valence-corrected chi connectivity index (χ0v) is 11.8. The number of aromatic amines is 1. The van der Waals surface area contributed by atoms with E-state index in [-0.39, 0.29) is 11.9 Å². The first-order valence-electron chi connectivity index (χ1n) is 6.23. The molecule has 1 unspecified atom stereocenters. The Bertz CT molecular complexity index is 605. The van der Waals surface area contributed by atoms with Crippen LogP contribution in [0, 0.1) is 0 Å². The van der Waals surface area contributed by atoms with Crippen molar-refractivity contribution in [2.75, 3.05) is 6.54 Å². The van der Waals surface area contributed by atoms with Crippen LogP contribution in [0.2, 0.25) is 0 Å². The molecule has 1 fully saturated rings. The molecule has 1 aliphatic rings. The second-order valence-electron chi connectivity index (χ2n) is 4.80. The number of H-pyrrole nitrogens is 1. The van der Waals surface area contributed by atoms with Gasteiger partial charge >= 0.3 is 0 Å². The Labute approximate surface area is 114 Å². The monoisotopic (exact) mass is 306 g/mol. The standard InChI is InChI=1S/C14H15BrN2O/c1-9(17-6-2-3-14(17)18)12-8-16-13-7-10(15)4-5-11(12)13/h4-5,7-9,16H,2-3,6H2,1H3. The van der Waals surface area contributed by atoms with Gasteiger partial charge in [-0.1, -0.05) is 22.0 Å². The minimum absolute atomic E-state index is 0.148. The molecule has 1 aromatic carbocycles. The molecular weight excluding hydrogens is 292 g/mol. The molecular formula is C14H15BrN2O. The van der Waals surface area contributed by atoms with Crippen molar-refractivity contribution >= 4 is 32.7 Å². The van der Waals surface area contributed by atoms with Crippen molar-refractivity contribution in [3.05, 3.63) is 34.4 Å². The smallest absolute Gasteiger partial charge is 0.223 e. The molecule has 0 radical (unpaired) electrons. The number of likely N-dealkylation sites (tertiary alicyclic amines) is 1. The van der Waals surface area contributed by atoms with Crippen molar-refractivity contribution in [1.29, 1.82) is 0 Å². The quantitative estimate of drug-likeness (QED) is 0.904. The molecule has 94 valence electrons. The van der Waals surface area contributed by atoms with Gasteiger partial charge in [-0.05, 0) is 31.0 Å². The van der Waals surface area contributed by atoms with E-state index < -0.39 is 0 Å². The first-order chi connectivity index (χ1) is 8.66. The predicted octanol–water partition coefficient (Wildman–Crippen LogP) is 3.61. The molecule has 3 rings (SSSR count). The van der Waals surface area contributed by atoms with Crippen molar-refractivity contribution in [3.63, 3.8) is 0 Å². The average molecular weight is 307 g/mol. The van der Waals surface area contributed by atoms with Gasteiger partial charge in [0.2, 0.25) is 5.91 Å². The van der Waals surface area contributed by atoms with Crippen LogP contribution in [0.1, 0.15) is 31.4 Å². The number of hydrogen-bond donors (Lipinski definition) is 1. The largest absolute Gasteiger partial charge is 0.361 e. The maximum Gasteiger partial charge on any atom is 0.223 e. The molecule has 0 saturated carbocycles. The summed E-state index contributed by atoms with van der Waals surface area (Å²) in [7, 11) is 0. The Morgan fingerprint density at radius 1 is 1.44 bits per heavy atom. The number of nitrogens with one attached hydrogen (secondary N) is 1. The van der Waals surface area contributed by atoms with Crippen LogP contribution in [-0.2, 0) is 4.79 Å². The minimum Gasteiger partial charge on any atom is -0.361 e. The lowest BCUT2D eigenvalue weighted by Gasteiger charge is -2.24. The summed E-state index contributed by atoms with van der Waals surface area (Å²) in [5, 5.41) is 1.20. The van der Waals surface area contributed by atoms with E-state index in [1.165, 1.54) is 10.9 Å². The van der Waals surface area contributed by atoms with Crippen molar-refractivity contribution in [2.45, 2.75) is 25.8 Å². The van der Waals surface area contributed by atoms with Gasteiger partial charge in [-0.3, -0.25) is 4.79 Å². The van der Waals surface area contributed by atoms with E-state index >= 15 is 0 Å². The maximum atomic E-state index is 11.8. The van der Waals surface area contributed by atoms with Gasteiger partial charge in [0, 0.05) is 34.5 Å². The van der Waals surface area contributed by atoms with E-state index in [2.05, 4.69) is 40.0 Å². The molecule has 0 spiro atoms. The van der Waals surface area contributed by atoms with Crippen molar-refractivity contribution in [1.82, 2.24) is 9.88 Å². The van der Waals surface area contributed by atoms with Crippen LogP contribution < -0.4 is 0 Å². The Kier molecular flexibility index (Phi) is 2.90. The van der Waals surface area contributed by atoms with Crippen LogP contribution in [0.3, 0.4) is 0 Å². The molecule has 0 bridgehead atoms. The maximum absolute atomic E-state index is 11.8.